The van der Waals surface area contributed by atoms with E-state index in [1.807, 2.05) is 24.3 Å². The van der Waals surface area contributed by atoms with Crippen molar-refractivity contribution in [2.45, 2.75) is 25.3 Å². The third-order valence-electron chi connectivity index (χ3n) is 3.98. The molecule has 0 saturated heterocycles. The summed E-state index contributed by atoms with van der Waals surface area (Å²) < 4.78 is 0. The van der Waals surface area contributed by atoms with Gasteiger partial charge < -0.3 is 10.6 Å². The molecule has 0 aromatic heterocycles. The summed E-state index contributed by atoms with van der Waals surface area (Å²) in [5.41, 5.74) is 7.05. The van der Waals surface area contributed by atoms with Crippen LogP contribution in [0.15, 0.2) is 41.4 Å². The van der Waals surface area contributed by atoms with Crippen LogP contribution in [-0.4, -0.2) is 18.5 Å². The molecule has 19 heavy (non-hydrogen) atoms. The first kappa shape index (κ1) is 12.5. The normalized spacial score (nSPS) is 26.6. The van der Waals surface area contributed by atoms with E-state index in [0.717, 1.165) is 30.1 Å². The molecule has 0 radical (unpaired) electrons. The fraction of sp³-hybridized carbons (Fsp3) is 0.400. The fourth-order valence-electron chi connectivity index (χ4n) is 2.99. The highest BCUT2D eigenvalue weighted by molar-refractivity contribution is 6.33. The van der Waals surface area contributed by atoms with Gasteiger partial charge in [-0.1, -0.05) is 35.9 Å². The Labute approximate surface area is 118 Å². The molecule has 100 valence electrons. The number of allylic oxidation sites excluding steroid dienone is 2. The second-order valence-corrected chi connectivity index (χ2v) is 5.54. The number of nitrogens with two attached hydrogens (primary N) is 1. The maximum absolute atomic E-state index is 6.31. The van der Waals surface area contributed by atoms with Crippen molar-refractivity contribution in [3.8, 4) is 0 Å². The van der Waals surface area contributed by atoms with E-state index in [1.165, 1.54) is 6.42 Å². The molecule has 1 heterocycles. The average Bonchev–Trinajstić information content (AvgIpc) is 2.82. The van der Waals surface area contributed by atoms with Crippen molar-refractivity contribution in [3.63, 3.8) is 0 Å². The zero-order valence-electron chi connectivity index (χ0n) is 10.8. The lowest BCUT2D eigenvalue weighted by molar-refractivity contribution is 0.404. The summed E-state index contributed by atoms with van der Waals surface area (Å²) >= 11 is 6.31. The molecule has 3 rings (SSSR count). The van der Waals surface area contributed by atoms with E-state index in [4.69, 9.17) is 17.3 Å². The van der Waals surface area contributed by atoms with Gasteiger partial charge in [-0.05, 0) is 37.3 Å². The van der Waals surface area contributed by atoms with Crippen molar-refractivity contribution in [2.75, 3.05) is 11.4 Å². The zero-order valence-corrected chi connectivity index (χ0v) is 11.6. The monoisotopic (exact) mass is 275 g/mol. The Kier molecular flexibility index (Phi) is 3.47. The smallest absolute Gasteiger partial charge is 0.196 e. The van der Waals surface area contributed by atoms with E-state index in [2.05, 4.69) is 22.0 Å². The standard InChI is InChI=1S/C15H18ClN3/c16-12-8-4-5-9-13(12)19-14(10-18-15(19)17)11-6-2-1-3-7-11/h1-2,4-5,8-9,11,14H,3,6-7,10H2,(H2,17,18). The lowest BCUT2D eigenvalue weighted by Crippen LogP contribution is -2.45. The predicted molar refractivity (Wildman–Crippen MR) is 80.7 cm³/mol. The van der Waals surface area contributed by atoms with Crippen molar-refractivity contribution in [1.29, 1.82) is 0 Å². The van der Waals surface area contributed by atoms with Crippen LogP contribution in [-0.2, 0) is 0 Å². The van der Waals surface area contributed by atoms with Crippen LogP contribution in [0.5, 0.6) is 0 Å². The van der Waals surface area contributed by atoms with Gasteiger partial charge in [0.15, 0.2) is 5.96 Å². The van der Waals surface area contributed by atoms with Gasteiger partial charge in [-0.3, -0.25) is 4.99 Å². The fourth-order valence-corrected chi connectivity index (χ4v) is 3.22. The molecule has 0 spiro atoms. The lowest BCUT2D eigenvalue weighted by atomic mass is 9.87. The van der Waals surface area contributed by atoms with Crippen molar-refractivity contribution in [3.05, 3.63) is 41.4 Å². The third-order valence-corrected chi connectivity index (χ3v) is 4.30. The first-order valence-corrected chi connectivity index (χ1v) is 7.14. The van der Waals surface area contributed by atoms with Crippen LogP contribution in [0.25, 0.3) is 0 Å². The van der Waals surface area contributed by atoms with Crippen LogP contribution in [0.2, 0.25) is 5.02 Å². The Bertz CT molecular complexity index is 524. The Morgan fingerprint density at radius 1 is 1.26 bits per heavy atom. The number of rotatable bonds is 2. The molecule has 2 unspecified atom stereocenters. The highest BCUT2D eigenvalue weighted by Crippen LogP contribution is 2.34. The summed E-state index contributed by atoms with van der Waals surface area (Å²) in [6.07, 6.45) is 7.99. The Morgan fingerprint density at radius 2 is 2.11 bits per heavy atom. The summed E-state index contributed by atoms with van der Waals surface area (Å²) in [6, 6.07) is 8.19. The third kappa shape index (κ3) is 2.35. The quantitative estimate of drug-likeness (QED) is 0.842. The van der Waals surface area contributed by atoms with Crippen LogP contribution in [0, 0.1) is 5.92 Å². The number of hydrogen-bond acceptors (Lipinski definition) is 3. The highest BCUT2D eigenvalue weighted by Gasteiger charge is 2.34. The number of hydrogen-bond donors (Lipinski definition) is 1. The Morgan fingerprint density at radius 3 is 2.84 bits per heavy atom. The number of halogens is 1. The van der Waals surface area contributed by atoms with E-state index in [0.29, 0.717) is 17.9 Å². The molecule has 0 saturated carbocycles. The average molecular weight is 276 g/mol. The van der Waals surface area contributed by atoms with E-state index in [1.54, 1.807) is 0 Å². The summed E-state index contributed by atoms with van der Waals surface area (Å²) in [5.74, 6) is 1.19. The lowest BCUT2D eigenvalue weighted by Gasteiger charge is -2.33. The van der Waals surface area contributed by atoms with Crippen LogP contribution in [0.1, 0.15) is 19.3 Å². The van der Waals surface area contributed by atoms with Crippen molar-refractivity contribution < 1.29 is 0 Å². The maximum atomic E-state index is 6.31. The molecule has 3 nitrogen and oxygen atoms in total. The second kappa shape index (κ2) is 5.25. The van der Waals surface area contributed by atoms with Crippen molar-refractivity contribution in [2.24, 2.45) is 16.6 Å². The van der Waals surface area contributed by atoms with Gasteiger partial charge in [0.25, 0.3) is 0 Å². The molecule has 2 atom stereocenters. The molecule has 1 aliphatic carbocycles. The van der Waals surface area contributed by atoms with Gasteiger partial charge in [-0.15, -0.1) is 0 Å². The first-order chi connectivity index (χ1) is 9.27. The molecule has 2 N–H and O–H groups in total. The molecule has 1 aliphatic heterocycles. The molecule has 2 aliphatic rings. The number of nitrogens with zero attached hydrogens (tertiary/aromatic N) is 2. The number of anilines is 1. The van der Waals surface area contributed by atoms with E-state index in [9.17, 15) is 0 Å². The molecule has 1 aromatic rings. The predicted octanol–water partition coefficient (Wildman–Crippen LogP) is 3.20. The maximum Gasteiger partial charge on any atom is 0.196 e. The highest BCUT2D eigenvalue weighted by atomic mass is 35.5. The summed E-state index contributed by atoms with van der Waals surface area (Å²) in [7, 11) is 0. The first-order valence-electron chi connectivity index (χ1n) is 6.76. The molecular formula is C15H18ClN3. The van der Waals surface area contributed by atoms with Crippen molar-refractivity contribution in [1.82, 2.24) is 0 Å². The van der Waals surface area contributed by atoms with Crippen molar-refractivity contribution >= 4 is 23.2 Å². The largest absolute Gasteiger partial charge is 0.370 e. The number of aliphatic imine (C=N–C) groups is 1. The molecule has 0 bridgehead atoms. The van der Waals surface area contributed by atoms with E-state index < -0.39 is 0 Å². The second-order valence-electron chi connectivity index (χ2n) is 5.13. The minimum Gasteiger partial charge on any atom is -0.370 e. The van der Waals surface area contributed by atoms with Gasteiger partial charge in [0.1, 0.15) is 0 Å². The van der Waals surface area contributed by atoms with E-state index >= 15 is 0 Å². The van der Waals surface area contributed by atoms with Gasteiger partial charge in [0.05, 0.1) is 23.3 Å². The SMILES string of the molecule is NC1=NCC(C2CC=CCC2)N1c1ccccc1Cl. The van der Waals surface area contributed by atoms with Crippen LogP contribution in [0.3, 0.4) is 0 Å². The Hall–Kier alpha value is -1.48. The molecule has 1 aromatic carbocycles. The van der Waals surface area contributed by atoms with Crippen LogP contribution < -0.4 is 10.6 Å². The number of benzene rings is 1. The topological polar surface area (TPSA) is 41.6 Å². The minimum atomic E-state index is 0.338. The summed E-state index contributed by atoms with van der Waals surface area (Å²) in [4.78, 5) is 6.55. The van der Waals surface area contributed by atoms with Crippen LogP contribution in [0.4, 0.5) is 5.69 Å². The van der Waals surface area contributed by atoms with Crippen LogP contribution >= 0.6 is 11.6 Å². The Balaban J connectivity index is 1.90. The van der Waals surface area contributed by atoms with Gasteiger partial charge in [-0.2, -0.15) is 0 Å². The molecule has 0 amide bonds. The zero-order chi connectivity index (χ0) is 13.2. The molecule has 4 heteroatoms. The molecular weight excluding hydrogens is 258 g/mol. The summed E-state index contributed by atoms with van der Waals surface area (Å²) in [5, 5.41) is 0.735. The van der Waals surface area contributed by atoms with E-state index in [-0.39, 0.29) is 0 Å². The van der Waals surface area contributed by atoms with Gasteiger partial charge >= 0.3 is 0 Å². The number of para-hydroxylation sites is 1. The minimum absolute atomic E-state index is 0.338. The van der Waals surface area contributed by atoms with Gasteiger partial charge in [-0.25, -0.2) is 0 Å². The van der Waals surface area contributed by atoms with Gasteiger partial charge in [0.2, 0.25) is 0 Å². The van der Waals surface area contributed by atoms with Gasteiger partial charge in [0, 0.05) is 0 Å². The summed E-state index contributed by atoms with van der Waals surface area (Å²) in [6.45, 7) is 0.773. The number of guanidine groups is 1. The molecule has 0 fully saturated rings.